The summed E-state index contributed by atoms with van der Waals surface area (Å²) in [6.45, 7) is 4.94. The fourth-order valence-electron chi connectivity index (χ4n) is 2.06. The summed E-state index contributed by atoms with van der Waals surface area (Å²) >= 11 is 0. The highest BCUT2D eigenvalue weighted by atomic mass is 16.5. The smallest absolute Gasteiger partial charge is 0.162 e. The fourth-order valence-corrected chi connectivity index (χ4v) is 2.06. The van der Waals surface area contributed by atoms with Crippen LogP contribution in [0.3, 0.4) is 0 Å². The van der Waals surface area contributed by atoms with E-state index >= 15 is 0 Å². The Morgan fingerprint density at radius 3 is 2.50 bits per heavy atom. The fraction of sp³-hybridized carbons (Fsp3) is 0.300. The van der Waals surface area contributed by atoms with Gasteiger partial charge in [-0.15, -0.1) is 0 Å². The van der Waals surface area contributed by atoms with Crippen molar-refractivity contribution in [3.63, 3.8) is 0 Å². The van der Waals surface area contributed by atoms with E-state index in [1.807, 2.05) is 36.4 Å². The first kappa shape index (κ1) is 16.2. The predicted octanol–water partition coefficient (Wildman–Crippen LogP) is 5.33. The van der Waals surface area contributed by atoms with Gasteiger partial charge in [0.05, 0.1) is 7.11 Å². The molecule has 0 fully saturated rings. The number of methoxy groups -OCH3 is 1. The number of allylic oxidation sites excluding steroid dienone is 1. The minimum atomic E-state index is 0.537. The van der Waals surface area contributed by atoms with E-state index in [9.17, 15) is 0 Å². The van der Waals surface area contributed by atoms with E-state index in [-0.39, 0.29) is 0 Å². The molecule has 0 spiro atoms. The van der Waals surface area contributed by atoms with Crippen LogP contribution in [0.1, 0.15) is 31.4 Å². The lowest BCUT2D eigenvalue weighted by molar-refractivity contribution is 0.284. The van der Waals surface area contributed by atoms with Gasteiger partial charge in [0.2, 0.25) is 0 Å². The number of hydrogen-bond donors (Lipinski definition) is 0. The minimum Gasteiger partial charge on any atom is -0.493 e. The highest BCUT2D eigenvalue weighted by Crippen LogP contribution is 2.29. The van der Waals surface area contributed by atoms with Crippen LogP contribution in [-0.4, -0.2) is 7.11 Å². The molecular formula is C20H24O2. The summed E-state index contributed by atoms with van der Waals surface area (Å²) in [7, 11) is 1.67. The Morgan fingerprint density at radius 2 is 1.82 bits per heavy atom. The Bertz CT molecular complexity index is 602. The van der Waals surface area contributed by atoms with Crippen molar-refractivity contribution in [3.05, 3.63) is 65.7 Å². The van der Waals surface area contributed by atoms with Crippen molar-refractivity contribution < 1.29 is 9.47 Å². The van der Waals surface area contributed by atoms with E-state index in [4.69, 9.17) is 9.47 Å². The monoisotopic (exact) mass is 296 g/mol. The molecule has 0 saturated carbocycles. The first-order chi connectivity index (χ1) is 10.7. The van der Waals surface area contributed by atoms with Gasteiger partial charge >= 0.3 is 0 Å². The van der Waals surface area contributed by atoms with Gasteiger partial charge in [-0.05, 0) is 29.2 Å². The summed E-state index contributed by atoms with van der Waals surface area (Å²) in [5.41, 5.74) is 2.27. The number of benzene rings is 2. The van der Waals surface area contributed by atoms with Crippen molar-refractivity contribution in [2.24, 2.45) is 5.92 Å². The van der Waals surface area contributed by atoms with Crippen molar-refractivity contribution in [1.29, 1.82) is 0 Å². The maximum atomic E-state index is 5.93. The third-order valence-corrected chi connectivity index (χ3v) is 3.69. The van der Waals surface area contributed by atoms with Crippen LogP contribution in [-0.2, 0) is 6.61 Å². The molecule has 0 radical (unpaired) electrons. The first-order valence-electron chi connectivity index (χ1n) is 7.76. The third-order valence-electron chi connectivity index (χ3n) is 3.69. The van der Waals surface area contributed by atoms with Crippen LogP contribution in [0.5, 0.6) is 11.5 Å². The lowest BCUT2D eigenvalue weighted by atomic mass is 10.1. The molecule has 2 aromatic rings. The summed E-state index contributed by atoms with van der Waals surface area (Å²) < 4.78 is 11.3. The molecule has 0 heterocycles. The number of hydrogen-bond acceptors (Lipinski definition) is 2. The van der Waals surface area contributed by atoms with Crippen molar-refractivity contribution in [1.82, 2.24) is 0 Å². The van der Waals surface area contributed by atoms with Gasteiger partial charge < -0.3 is 9.47 Å². The number of rotatable bonds is 7. The minimum absolute atomic E-state index is 0.537. The van der Waals surface area contributed by atoms with Gasteiger partial charge in [0.1, 0.15) is 6.61 Å². The Balaban J connectivity index is 2.12. The van der Waals surface area contributed by atoms with Gasteiger partial charge in [0.15, 0.2) is 11.5 Å². The van der Waals surface area contributed by atoms with Crippen molar-refractivity contribution >= 4 is 6.08 Å². The second-order valence-corrected chi connectivity index (χ2v) is 5.43. The zero-order chi connectivity index (χ0) is 15.8. The molecule has 2 rings (SSSR count). The molecule has 1 atom stereocenters. The van der Waals surface area contributed by atoms with Crippen LogP contribution >= 0.6 is 0 Å². The molecule has 22 heavy (non-hydrogen) atoms. The van der Waals surface area contributed by atoms with Gasteiger partial charge in [-0.3, -0.25) is 0 Å². The van der Waals surface area contributed by atoms with E-state index in [0.29, 0.717) is 12.5 Å². The summed E-state index contributed by atoms with van der Waals surface area (Å²) in [6, 6.07) is 16.2. The molecule has 2 heteroatoms. The highest BCUT2D eigenvalue weighted by Gasteiger charge is 2.05. The third kappa shape index (κ3) is 4.66. The van der Waals surface area contributed by atoms with Gasteiger partial charge in [0, 0.05) is 0 Å². The van der Waals surface area contributed by atoms with E-state index < -0.39 is 0 Å². The normalized spacial score (nSPS) is 12.3. The predicted molar refractivity (Wildman–Crippen MR) is 92.3 cm³/mol. The van der Waals surface area contributed by atoms with Gasteiger partial charge in [-0.25, -0.2) is 0 Å². The van der Waals surface area contributed by atoms with Crippen LogP contribution in [0.2, 0.25) is 0 Å². The first-order valence-corrected chi connectivity index (χ1v) is 7.76. The topological polar surface area (TPSA) is 18.5 Å². The second-order valence-electron chi connectivity index (χ2n) is 5.43. The second kappa shape index (κ2) is 8.28. The molecule has 0 N–H and O–H groups in total. The molecule has 1 unspecified atom stereocenters. The summed E-state index contributed by atoms with van der Waals surface area (Å²) in [5.74, 6) is 2.12. The lowest BCUT2D eigenvalue weighted by Crippen LogP contribution is -1.98. The van der Waals surface area contributed by atoms with Crippen molar-refractivity contribution in [2.45, 2.75) is 26.9 Å². The van der Waals surface area contributed by atoms with Crippen LogP contribution in [0, 0.1) is 5.92 Å². The highest BCUT2D eigenvalue weighted by molar-refractivity contribution is 5.56. The van der Waals surface area contributed by atoms with E-state index in [2.05, 4.69) is 38.1 Å². The van der Waals surface area contributed by atoms with Crippen molar-refractivity contribution in [2.75, 3.05) is 7.11 Å². The van der Waals surface area contributed by atoms with E-state index in [1.165, 1.54) is 0 Å². The van der Waals surface area contributed by atoms with Crippen LogP contribution in [0.4, 0.5) is 0 Å². The number of ether oxygens (including phenoxy) is 2. The quantitative estimate of drug-likeness (QED) is 0.687. The Labute approximate surface area is 133 Å². The van der Waals surface area contributed by atoms with Crippen molar-refractivity contribution in [3.8, 4) is 11.5 Å². The van der Waals surface area contributed by atoms with Gasteiger partial charge in [-0.2, -0.15) is 0 Å². The SMILES string of the molecule is CCC(C)/C=C/c1ccc(OC)c(OCc2ccccc2)c1. The molecule has 2 aromatic carbocycles. The maximum Gasteiger partial charge on any atom is 0.162 e. The molecule has 0 aromatic heterocycles. The molecule has 116 valence electrons. The standard InChI is InChI=1S/C20H24O2/c1-4-16(2)10-11-17-12-13-19(21-3)20(14-17)22-15-18-8-6-5-7-9-18/h5-14,16H,4,15H2,1-3H3/b11-10+. The van der Waals surface area contributed by atoms with E-state index in [1.54, 1.807) is 7.11 Å². The largest absolute Gasteiger partial charge is 0.493 e. The Kier molecular flexibility index (Phi) is 6.08. The van der Waals surface area contributed by atoms with Crippen LogP contribution < -0.4 is 9.47 Å². The molecule has 0 amide bonds. The average molecular weight is 296 g/mol. The molecule has 0 aliphatic heterocycles. The summed E-state index contributed by atoms with van der Waals surface area (Å²) in [6.07, 6.45) is 5.51. The molecule has 0 aliphatic rings. The summed E-state index contributed by atoms with van der Waals surface area (Å²) in [5, 5.41) is 0. The molecule has 0 saturated heterocycles. The zero-order valence-electron chi connectivity index (χ0n) is 13.6. The molecule has 0 bridgehead atoms. The van der Waals surface area contributed by atoms with Crippen LogP contribution in [0.15, 0.2) is 54.6 Å². The molecular weight excluding hydrogens is 272 g/mol. The Hall–Kier alpha value is -2.22. The summed E-state index contributed by atoms with van der Waals surface area (Å²) in [4.78, 5) is 0. The Morgan fingerprint density at radius 1 is 1.05 bits per heavy atom. The zero-order valence-corrected chi connectivity index (χ0v) is 13.6. The van der Waals surface area contributed by atoms with Gasteiger partial charge in [-0.1, -0.05) is 68.8 Å². The van der Waals surface area contributed by atoms with Gasteiger partial charge in [0.25, 0.3) is 0 Å². The lowest BCUT2D eigenvalue weighted by Gasteiger charge is -2.11. The average Bonchev–Trinajstić information content (AvgIpc) is 2.58. The molecule has 2 nitrogen and oxygen atoms in total. The van der Waals surface area contributed by atoms with E-state index in [0.717, 1.165) is 29.0 Å². The molecule has 0 aliphatic carbocycles. The van der Waals surface area contributed by atoms with Crippen LogP contribution in [0.25, 0.3) is 6.08 Å². The maximum absolute atomic E-state index is 5.93.